The van der Waals surface area contributed by atoms with Crippen LogP contribution < -0.4 is 10.6 Å². The van der Waals surface area contributed by atoms with Gasteiger partial charge in [-0.25, -0.2) is 0 Å². The first-order valence-corrected chi connectivity index (χ1v) is 9.93. The van der Waals surface area contributed by atoms with Gasteiger partial charge in [0.2, 0.25) is 0 Å². The molecule has 0 aromatic rings. The van der Waals surface area contributed by atoms with Gasteiger partial charge < -0.3 is 4.74 Å². The third kappa shape index (κ3) is 2.98. The number of piperidine rings is 1. The zero-order chi connectivity index (χ0) is 16.7. The van der Waals surface area contributed by atoms with E-state index < -0.39 is 0 Å². The lowest BCUT2D eigenvalue weighted by atomic mass is 9.90. The Morgan fingerprint density at radius 3 is 2.71 bits per heavy atom. The Morgan fingerprint density at radius 2 is 2.04 bits per heavy atom. The average molecular weight is 394 g/mol. The minimum atomic E-state index is -0.284. The highest BCUT2D eigenvalue weighted by Gasteiger charge is 2.47. The molecule has 0 aromatic carbocycles. The molecule has 4 rings (SSSR count). The average Bonchev–Trinajstić information content (AvgIpc) is 3.12. The molecule has 0 radical (unpaired) electrons. The van der Waals surface area contributed by atoms with Crippen LogP contribution in [0.15, 0.2) is 0 Å². The van der Waals surface area contributed by atoms with Crippen LogP contribution in [-0.2, 0) is 4.74 Å². The van der Waals surface area contributed by atoms with Crippen LogP contribution in [0.2, 0.25) is 0 Å². The fraction of sp³-hybridized carbons (Fsp3) is 0.882. The molecule has 3 saturated heterocycles. The number of hydrogen-bond acceptors (Lipinski definition) is 6. The van der Waals surface area contributed by atoms with E-state index in [2.05, 4.69) is 43.6 Å². The number of likely N-dealkylation sites (tertiary alicyclic amines) is 1. The van der Waals surface area contributed by atoms with Crippen LogP contribution in [0, 0.1) is 34.5 Å². The predicted molar refractivity (Wildman–Crippen MR) is 92.1 cm³/mol. The second-order valence-electron chi connectivity index (χ2n) is 7.57. The summed E-state index contributed by atoms with van der Waals surface area (Å²) in [7, 11) is 0. The molecule has 7 atom stereocenters. The smallest absolute Gasteiger partial charge is 0.144 e. The summed E-state index contributed by atoms with van der Waals surface area (Å²) in [6.45, 7) is 2.62. The van der Waals surface area contributed by atoms with Gasteiger partial charge in [-0.05, 0) is 19.3 Å². The van der Waals surface area contributed by atoms with Gasteiger partial charge >= 0.3 is 0 Å². The highest BCUT2D eigenvalue weighted by atomic mass is 79.9. The zero-order valence-electron chi connectivity index (χ0n) is 13.7. The standard InChI is InChI=1S/C17H24BrN5O/c18-16-13-4-12(6-20)24-15(13)7-21-17(16)22-14-9-23(8-10(14)5-19)11-2-1-3-11/h10-17,21-22H,1-4,7-9H2/t10?,12?,13?,14-,15?,16?,17?/m0/s1. The molecular weight excluding hydrogens is 370 g/mol. The van der Waals surface area contributed by atoms with Crippen LogP contribution in [0.4, 0.5) is 0 Å². The fourth-order valence-corrected chi connectivity index (χ4v) is 5.45. The summed E-state index contributed by atoms with van der Waals surface area (Å²) in [5, 5.41) is 25.8. The summed E-state index contributed by atoms with van der Waals surface area (Å²) in [6, 6.07) is 5.63. The van der Waals surface area contributed by atoms with Gasteiger partial charge in [0.15, 0.2) is 0 Å². The lowest BCUT2D eigenvalue weighted by Gasteiger charge is -2.39. The molecule has 4 aliphatic rings. The summed E-state index contributed by atoms with van der Waals surface area (Å²) in [4.78, 5) is 2.71. The molecule has 0 bridgehead atoms. The molecule has 0 amide bonds. The number of nitriles is 2. The van der Waals surface area contributed by atoms with Crippen molar-refractivity contribution in [2.24, 2.45) is 11.8 Å². The molecule has 6 unspecified atom stereocenters. The summed E-state index contributed by atoms with van der Waals surface area (Å²) >= 11 is 3.83. The van der Waals surface area contributed by atoms with Crippen molar-refractivity contribution >= 4 is 15.9 Å². The number of nitrogens with zero attached hydrogens (tertiary/aromatic N) is 3. The van der Waals surface area contributed by atoms with Gasteiger partial charge in [-0.2, -0.15) is 10.5 Å². The van der Waals surface area contributed by atoms with E-state index in [4.69, 9.17) is 10.00 Å². The third-order valence-electron chi connectivity index (χ3n) is 6.21. The largest absolute Gasteiger partial charge is 0.358 e. The summed E-state index contributed by atoms with van der Waals surface area (Å²) in [5.74, 6) is 0.398. The van der Waals surface area contributed by atoms with Crippen molar-refractivity contribution in [3.8, 4) is 12.1 Å². The molecule has 1 saturated carbocycles. The van der Waals surface area contributed by atoms with Gasteiger partial charge in [-0.3, -0.25) is 15.5 Å². The van der Waals surface area contributed by atoms with Crippen LogP contribution in [0.1, 0.15) is 25.7 Å². The molecule has 7 heteroatoms. The zero-order valence-corrected chi connectivity index (χ0v) is 15.3. The molecule has 3 aliphatic heterocycles. The maximum atomic E-state index is 9.53. The highest BCUT2D eigenvalue weighted by molar-refractivity contribution is 9.09. The maximum absolute atomic E-state index is 9.53. The summed E-state index contributed by atoms with van der Waals surface area (Å²) in [6.07, 6.45) is 4.63. The van der Waals surface area contributed by atoms with E-state index in [1.807, 2.05) is 0 Å². The van der Waals surface area contributed by atoms with Crippen LogP contribution in [-0.4, -0.2) is 59.8 Å². The molecule has 24 heavy (non-hydrogen) atoms. The number of ether oxygens (including phenoxy) is 1. The van der Waals surface area contributed by atoms with Crippen LogP contribution in [0.25, 0.3) is 0 Å². The molecule has 1 aliphatic carbocycles. The van der Waals surface area contributed by atoms with Crippen molar-refractivity contribution < 1.29 is 4.74 Å². The van der Waals surface area contributed by atoms with Gasteiger partial charge in [0, 0.05) is 42.5 Å². The Kier molecular flexibility index (Phi) is 4.81. The quantitative estimate of drug-likeness (QED) is 0.694. The first kappa shape index (κ1) is 16.8. The first-order valence-electron chi connectivity index (χ1n) is 9.02. The van der Waals surface area contributed by atoms with Crippen molar-refractivity contribution in [3.05, 3.63) is 0 Å². The molecule has 0 aromatic heterocycles. The Hall–Kier alpha value is -0.700. The number of hydrogen-bond donors (Lipinski definition) is 2. The molecule has 6 nitrogen and oxygen atoms in total. The predicted octanol–water partition coefficient (Wildman–Crippen LogP) is 0.943. The number of rotatable bonds is 3. The van der Waals surface area contributed by atoms with E-state index in [-0.39, 0.29) is 35.2 Å². The number of fused-ring (bicyclic) bond motifs is 1. The number of halogens is 1. The lowest BCUT2D eigenvalue weighted by molar-refractivity contribution is 0.0404. The van der Waals surface area contributed by atoms with E-state index in [1.54, 1.807) is 0 Å². The van der Waals surface area contributed by atoms with Gasteiger partial charge in [0.05, 0.1) is 30.3 Å². The van der Waals surface area contributed by atoms with Gasteiger partial charge in [-0.1, -0.05) is 22.4 Å². The Morgan fingerprint density at radius 1 is 1.21 bits per heavy atom. The number of nitrogens with one attached hydrogen (secondary N) is 2. The Labute approximate surface area is 151 Å². The van der Waals surface area contributed by atoms with Crippen LogP contribution in [0.5, 0.6) is 0 Å². The van der Waals surface area contributed by atoms with Gasteiger partial charge in [0.25, 0.3) is 0 Å². The second-order valence-corrected chi connectivity index (χ2v) is 8.63. The van der Waals surface area contributed by atoms with Crippen molar-refractivity contribution in [1.82, 2.24) is 15.5 Å². The third-order valence-corrected chi connectivity index (χ3v) is 7.42. The van der Waals surface area contributed by atoms with E-state index in [0.29, 0.717) is 12.0 Å². The molecule has 3 heterocycles. The van der Waals surface area contributed by atoms with Crippen LogP contribution in [0.3, 0.4) is 0 Å². The van der Waals surface area contributed by atoms with Crippen LogP contribution >= 0.6 is 15.9 Å². The normalized spacial score (nSPS) is 46.0. The summed E-state index contributed by atoms with van der Waals surface area (Å²) in [5.41, 5.74) is 0. The van der Waals surface area contributed by atoms with Crippen molar-refractivity contribution in [2.75, 3.05) is 19.6 Å². The SMILES string of the molecule is N#CC1CC2C(CNC(N[C@H]3CN(C4CCC4)CC3C#N)C2Br)O1. The monoisotopic (exact) mass is 393 g/mol. The minimum absolute atomic E-state index is 0.0523. The van der Waals surface area contributed by atoms with E-state index in [0.717, 1.165) is 26.1 Å². The molecule has 2 N–H and O–H groups in total. The summed E-state index contributed by atoms with van der Waals surface area (Å²) < 4.78 is 5.77. The lowest BCUT2D eigenvalue weighted by Crippen LogP contribution is -2.62. The molecule has 0 spiro atoms. The number of alkyl halides is 1. The van der Waals surface area contributed by atoms with E-state index in [1.165, 1.54) is 19.3 Å². The second kappa shape index (κ2) is 6.90. The van der Waals surface area contributed by atoms with Crippen molar-refractivity contribution in [2.45, 2.75) is 61.0 Å². The first-order chi connectivity index (χ1) is 11.7. The topological polar surface area (TPSA) is 84.1 Å². The highest BCUT2D eigenvalue weighted by Crippen LogP contribution is 2.37. The van der Waals surface area contributed by atoms with E-state index in [9.17, 15) is 5.26 Å². The fourth-order valence-electron chi connectivity index (χ4n) is 4.55. The van der Waals surface area contributed by atoms with E-state index >= 15 is 0 Å². The van der Waals surface area contributed by atoms with Gasteiger partial charge in [0.1, 0.15) is 6.10 Å². The van der Waals surface area contributed by atoms with Crippen molar-refractivity contribution in [3.63, 3.8) is 0 Å². The Bertz CT molecular complexity index is 556. The van der Waals surface area contributed by atoms with Crippen molar-refractivity contribution in [1.29, 1.82) is 10.5 Å². The van der Waals surface area contributed by atoms with Gasteiger partial charge in [-0.15, -0.1) is 0 Å². The minimum Gasteiger partial charge on any atom is -0.358 e. The molecule has 130 valence electrons. The maximum Gasteiger partial charge on any atom is 0.144 e. The molecule has 4 fully saturated rings. The molecular formula is C17H24BrN5O. The Balaban J connectivity index is 1.38.